The van der Waals surface area contributed by atoms with Crippen LogP contribution in [0.1, 0.15) is 18.9 Å². The van der Waals surface area contributed by atoms with Crippen LogP contribution in [0.5, 0.6) is 0 Å². The van der Waals surface area contributed by atoms with Gasteiger partial charge in [-0.25, -0.2) is 9.97 Å². The summed E-state index contributed by atoms with van der Waals surface area (Å²) in [6, 6.07) is 0. The Kier molecular flexibility index (Phi) is 3.61. The van der Waals surface area contributed by atoms with E-state index in [4.69, 9.17) is 11.6 Å². The Labute approximate surface area is 113 Å². The fourth-order valence-electron chi connectivity index (χ4n) is 2.16. The molecule has 19 heavy (non-hydrogen) atoms. The molecular weight excluding hydrogens is 283 g/mol. The van der Waals surface area contributed by atoms with E-state index >= 15 is 0 Å². The summed E-state index contributed by atoms with van der Waals surface area (Å²) in [7, 11) is 0. The first-order valence-electron chi connectivity index (χ1n) is 5.82. The highest BCUT2D eigenvalue weighted by Crippen LogP contribution is 2.39. The molecule has 1 atom stereocenters. The molecule has 0 aromatic carbocycles. The van der Waals surface area contributed by atoms with Crippen LogP contribution < -0.4 is 4.90 Å². The maximum atomic E-state index is 12.8. The van der Waals surface area contributed by atoms with E-state index in [0.717, 1.165) is 0 Å². The summed E-state index contributed by atoms with van der Waals surface area (Å²) in [4.78, 5) is 9.20. The molecule has 1 aliphatic rings. The number of β-amino-alcohol motifs (C(OH)–C–C–N with tert-alkyl or cyclic N) is 1. The number of anilines is 1. The lowest BCUT2D eigenvalue weighted by molar-refractivity contribution is -0.250. The Bertz CT molecular complexity index is 483. The third-order valence-electron chi connectivity index (χ3n) is 3.30. The second-order valence-electron chi connectivity index (χ2n) is 4.52. The minimum atomic E-state index is -4.65. The molecule has 0 bridgehead atoms. The molecule has 2 heterocycles. The van der Waals surface area contributed by atoms with E-state index in [1.807, 2.05) is 6.92 Å². The molecular formula is C11H13ClF3N3O. The summed E-state index contributed by atoms with van der Waals surface area (Å²) in [5, 5.41) is 9.88. The van der Waals surface area contributed by atoms with Gasteiger partial charge in [-0.2, -0.15) is 13.2 Å². The van der Waals surface area contributed by atoms with Crippen LogP contribution in [0.2, 0.25) is 5.15 Å². The fraction of sp³-hybridized carbons (Fsp3) is 0.636. The highest BCUT2D eigenvalue weighted by atomic mass is 35.5. The van der Waals surface area contributed by atoms with Crippen molar-refractivity contribution in [3.05, 3.63) is 17.0 Å². The zero-order valence-electron chi connectivity index (χ0n) is 10.2. The molecule has 0 amide bonds. The summed E-state index contributed by atoms with van der Waals surface area (Å²) in [6.07, 6.45) is -3.30. The lowest BCUT2D eigenvalue weighted by atomic mass is 10.0. The van der Waals surface area contributed by atoms with E-state index in [1.54, 1.807) is 0 Å². The quantitative estimate of drug-likeness (QED) is 0.850. The molecule has 1 saturated heterocycles. The van der Waals surface area contributed by atoms with Gasteiger partial charge in [-0.05, 0) is 6.42 Å². The third kappa shape index (κ3) is 2.49. The molecule has 1 aromatic rings. The normalized spacial score (nSPS) is 24.0. The van der Waals surface area contributed by atoms with Crippen molar-refractivity contribution in [2.75, 3.05) is 18.0 Å². The predicted molar refractivity (Wildman–Crippen MR) is 64.3 cm³/mol. The number of nitrogens with zero attached hydrogens (tertiary/aromatic N) is 3. The largest absolute Gasteiger partial charge is 0.418 e. The predicted octanol–water partition coefficient (Wildman–Crippen LogP) is 2.20. The van der Waals surface area contributed by atoms with E-state index in [1.165, 1.54) is 11.2 Å². The molecule has 1 aromatic heterocycles. The first-order chi connectivity index (χ1) is 8.78. The van der Waals surface area contributed by atoms with Crippen LogP contribution in [-0.2, 0) is 6.42 Å². The van der Waals surface area contributed by atoms with Gasteiger partial charge < -0.3 is 10.0 Å². The maximum Gasteiger partial charge on any atom is 0.418 e. The first kappa shape index (κ1) is 14.3. The maximum absolute atomic E-state index is 12.8. The van der Waals surface area contributed by atoms with Crippen molar-refractivity contribution in [3.8, 4) is 0 Å². The van der Waals surface area contributed by atoms with Gasteiger partial charge in [0.25, 0.3) is 0 Å². The van der Waals surface area contributed by atoms with Crippen LogP contribution in [0.4, 0.5) is 19.0 Å². The van der Waals surface area contributed by atoms with Gasteiger partial charge in [-0.1, -0.05) is 18.5 Å². The average Bonchev–Trinajstić information content (AvgIpc) is 2.72. The zero-order chi connectivity index (χ0) is 14.3. The van der Waals surface area contributed by atoms with Crippen molar-refractivity contribution in [2.24, 2.45) is 0 Å². The number of hydrogen-bond acceptors (Lipinski definition) is 4. The van der Waals surface area contributed by atoms with Gasteiger partial charge in [-0.15, -0.1) is 0 Å². The highest BCUT2D eigenvalue weighted by molar-refractivity contribution is 6.30. The van der Waals surface area contributed by atoms with Gasteiger partial charge in [0, 0.05) is 18.5 Å². The number of halogens is 4. The Balaban J connectivity index is 2.29. The van der Waals surface area contributed by atoms with Crippen molar-refractivity contribution in [1.82, 2.24) is 9.97 Å². The molecule has 2 rings (SSSR count). The van der Waals surface area contributed by atoms with Gasteiger partial charge in [0.1, 0.15) is 17.3 Å². The fourth-order valence-corrected chi connectivity index (χ4v) is 2.43. The van der Waals surface area contributed by atoms with Crippen LogP contribution in [0, 0.1) is 0 Å². The van der Waals surface area contributed by atoms with E-state index in [9.17, 15) is 18.3 Å². The van der Waals surface area contributed by atoms with Gasteiger partial charge in [0.15, 0.2) is 5.60 Å². The Morgan fingerprint density at radius 2 is 2.16 bits per heavy atom. The monoisotopic (exact) mass is 295 g/mol. The minimum absolute atomic E-state index is 0.0797. The van der Waals surface area contributed by atoms with Crippen molar-refractivity contribution in [1.29, 1.82) is 0 Å². The lowest BCUT2D eigenvalue weighted by Crippen LogP contribution is -2.47. The van der Waals surface area contributed by atoms with Crippen molar-refractivity contribution < 1.29 is 18.3 Å². The van der Waals surface area contributed by atoms with Gasteiger partial charge in [0.05, 0.1) is 6.54 Å². The molecule has 4 nitrogen and oxygen atoms in total. The number of rotatable bonds is 2. The summed E-state index contributed by atoms with van der Waals surface area (Å²) < 4.78 is 38.3. The zero-order valence-corrected chi connectivity index (χ0v) is 11.0. The molecule has 1 aliphatic heterocycles. The van der Waals surface area contributed by atoms with Crippen LogP contribution in [-0.4, -0.2) is 39.9 Å². The Morgan fingerprint density at radius 3 is 2.68 bits per heavy atom. The topological polar surface area (TPSA) is 49.2 Å². The van der Waals surface area contributed by atoms with Crippen LogP contribution in [0.25, 0.3) is 0 Å². The van der Waals surface area contributed by atoms with E-state index < -0.39 is 18.3 Å². The van der Waals surface area contributed by atoms with Crippen molar-refractivity contribution >= 4 is 17.4 Å². The van der Waals surface area contributed by atoms with E-state index in [-0.39, 0.29) is 18.1 Å². The van der Waals surface area contributed by atoms with Crippen molar-refractivity contribution in [3.63, 3.8) is 0 Å². The van der Waals surface area contributed by atoms with Crippen LogP contribution >= 0.6 is 11.6 Å². The Morgan fingerprint density at radius 1 is 1.47 bits per heavy atom. The van der Waals surface area contributed by atoms with Gasteiger partial charge >= 0.3 is 6.18 Å². The molecule has 0 aliphatic carbocycles. The molecule has 0 saturated carbocycles. The van der Waals surface area contributed by atoms with E-state index in [2.05, 4.69) is 9.97 Å². The third-order valence-corrected chi connectivity index (χ3v) is 3.62. The van der Waals surface area contributed by atoms with Gasteiger partial charge in [-0.3, -0.25) is 0 Å². The number of alkyl halides is 3. The van der Waals surface area contributed by atoms with E-state index in [0.29, 0.717) is 17.8 Å². The van der Waals surface area contributed by atoms with Gasteiger partial charge in [0.2, 0.25) is 0 Å². The second kappa shape index (κ2) is 4.79. The standard InChI is InChI=1S/C11H13ClF3N3O/c1-2-7-8(12)16-6-17-9(7)18-4-3-10(19,5-18)11(13,14)15/h6,19H,2-5H2,1H3. The molecule has 1 fully saturated rings. The highest BCUT2D eigenvalue weighted by Gasteiger charge is 2.57. The molecule has 106 valence electrons. The molecule has 0 radical (unpaired) electrons. The molecule has 1 N–H and O–H groups in total. The minimum Gasteiger partial charge on any atom is -0.379 e. The number of aliphatic hydroxyl groups is 1. The Hall–Kier alpha value is -1.08. The average molecular weight is 296 g/mol. The molecule has 0 spiro atoms. The van der Waals surface area contributed by atoms with Crippen molar-refractivity contribution in [2.45, 2.75) is 31.5 Å². The summed E-state index contributed by atoms with van der Waals surface area (Å²) in [5.41, 5.74) is -2.09. The second-order valence-corrected chi connectivity index (χ2v) is 4.88. The molecule has 1 unspecified atom stereocenters. The summed E-state index contributed by atoms with van der Waals surface area (Å²) in [6.45, 7) is 1.37. The molecule has 8 heteroatoms. The number of hydrogen-bond donors (Lipinski definition) is 1. The van der Waals surface area contributed by atoms with Crippen LogP contribution in [0.15, 0.2) is 6.33 Å². The van der Waals surface area contributed by atoms with Crippen LogP contribution in [0.3, 0.4) is 0 Å². The summed E-state index contributed by atoms with van der Waals surface area (Å²) >= 11 is 5.91. The SMILES string of the molecule is CCc1c(Cl)ncnc1N1CCC(O)(C(F)(F)F)C1. The lowest BCUT2D eigenvalue weighted by Gasteiger charge is -2.26. The smallest absolute Gasteiger partial charge is 0.379 e. The first-order valence-corrected chi connectivity index (χ1v) is 6.19. The number of aromatic nitrogens is 2. The summed E-state index contributed by atoms with van der Waals surface area (Å²) in [5.74, 6) is 0.364.